The molecule has 0 radical (unpaired) electrons. The van der Waals surface area contributed by atoms with E-state index in [0.717, 1.165) is 30.0 Å². The predicted octanol–water partition coefficient (Wildman–Crippen LogP) is 0.653. The Morgan fingerprint density at radius 2 is 1.62 bits per heavy atom. The van der Waals surface area contributed by atoms with Crippen LogP contribution in [0.5, 0.6) is 0 Å². The molecule has 0 saturated carbocycles. The summed E-state index contributed by atoms with van der Waals surface area (Å²) in [5.41, 5.74) is 1.87. The standard InChI is InChI=1S/C16H20O3S.Na/c1-3-6-12-8-5-9-14-13(12)10-11-16(20(17,18)19)15(14)7-4-2;/h5,8-11H,3-4,6-7H2,1-2H3,(H,17,18,19);/q;+1/p-1. The van der Waals surface area contributed by atoms with E-state index in [4.69, 9.17) is 0 Å². The van der Waals surface area contributed by atoms with Crippen LogP contribution in [0, 0.1) is 0 Å². The maximum atomic E-state index is 11.4. The van der Waals surface area contributed by atoms with E-state index in [1.807, 2.05) is 19.1 Å². The third-order valence-corrected chi connectivity index (χ3v) is 4.43. The fraction of sp³-hybridized carbons (Fsp3) is 0.375. The largest absolute Gasteiger partial charge is 1.00 e. The molecule has 2 aromatic carbocycles. The summed E-state index contributed by atoms with van der Waals surface area (Å²) in [5, 5.41) is 1.96. The van der Waals surface area contributed by atoms with Crippen LogP contribution in [0.15, 0.2) is 35.2 Å². The molecule has 0 spiro atoms. The molecular formula is C16H19NaO3S. The summed E-state index contributed by atoms with van der Waals surface area (Å²) in [6.07, 6.45) is 3.39. The van der Waals surface area contributed by atoms with Crippen LogP contribution in [0.25, 0.3) is 10.8 Å². The second kappa shape index (κ2) is 7.75. The van der Waals surface area contributed by atoms with Gasteiger partial charge in [-0.25, -0.2) is 8.42 Å². The average molecular weight is 314 g/mol. The van der Waals surface area contributed by atoms with E-state index in [9.17, 15) is 13.0 Å². The molecule has 0 fully saturated rings. The van der Waals surface area contributed by atoms with Gasteiger partial charge in [0, 0.05) is 0 Å². The number of benzene rings is 2. The molecule has 2 aromatic rings. The van der Waals surface area contributed by atoms with Gasteiger partial charge < -0.3 is 4.55 Å². The fourth-order valence-corrected chi connectivity index (χ4v) is 3.44. The van der Waals surface area contributed by atoms with Crippen LogP contribution in [-0.2, 0) is 23.0 Å². The summed E-state index contributed by atoms with van der Waals surface area (Å²) in [6, 6.07) is 9.15. The quantitative estimate of drug-likeness (QED) is 0.601. The molecule has 2 rings (SSSR count). The summed E-state index contributed by atoms with van der Waals surface area (Å²) in [4.78, 5) is -0.0690. The van der Waals surface area contributed by atoms with Crippen LogP contribution in [0.2, 0.25) is 0 Å². The molecule has 0 aromatic heterocycles. The topological polar surface area (TPSA) is 57.2 Å². The van der Waals surface area contributed by atoms with Crippen molar-refractivity contribution in [3.8, 4) is 0 Å². The van der Waals surface area contributed by atoms with Gasteiger partial charge in [0.05, 0.1) is 4.90 Å². The number of hydrogen-bond donors (Lipinski definition) is 0. The molecule has 0 bridgehead atoms. The van der Waals surface area contributed by atoms with E-state index >= 15 is 0 Å². The van der Waals surface area contributed by atoms with Crippen molar-refractivity contribution >= 4 is 20.9 Å². The minimum atomic E-state index is -4.42. The van der Waals surface area contributed by atoms with Crippen LogP contribution < -0.4 is 29.6 Å². The van der Waals surface area contributed by atoms with Gasteiger partial charge in [0.15, 0.2) is 0 Å². The minimum Gasteiger partial charge on any atom is -0.744 e. The molecule has 0 aliphatic carbocycles. The molecule has 0 aliphatic heterocycles. The SMILES string of the molecule is CCCc1cccc2c(CCC)c(S(=O)(=O)[O-])ccc12.[Na+]. The van der Waals surface area contributed by atoms with Crippen molar-refractivity contribution in [1.82, 2.24) is 0 Å². The minimum absolute atomic E-state index is 0. The summed E-state index contributed by atoms with van der Waals surface area (Å²) in [7, 11) is -4.42. The number of hydrogen-bond acceptors (Lipinski definition) is 3. The van der Waals surface area contributed by atoms with Crippen LogP contribution in [0.3, 0.4) is 0 Å². The van der Waals surface area contributed by atoms with Gasteiger partial charge in [-0.2, -0.15) is 0 Å². The van der Waals surface area contributed by atoms with Crippen molar-refractivity contribution in [2.45, 2.75) is 44.4 Å². The van der Waals surface area contributed by atoms with E-state index in [1.165, 1.54) is 11.6 Å². The zero-order valence-corrected chi connectivity index (χ0v) is 15.7. The van der Waals surface area contributed by atoms with Gasteiger partial charge in [0.1, 0.15) is 10.1 Å². The molecule has 21 heavy (non-hydrogen) atoms. The molecule has 0 atom stereocenters. The molecule has 0 aliphatic rings. The predicted molar refractivity (Wildman–Crippen MR) is 79.9 cm³/mol. The van der Waals surface area contributed by atoms with Crippen molar-refractivity contribution < 1.29 is 42.5 Å². The molecule has 5 heteroatoms. The molecule has 0 N–H and O–H groups in total. The second-order valence-electron chi connectivity index (χ2n) is 5.01. The smallest absolute Gasteiger partial charge is 0.744 e. The monoisotopic (exact) mass is 314 g/mol. The van der Waals surface area contributed by atoms with Crippen LogP contribution in [-0.4, -0.2) is 13.0 Å². The number of rotatable bonds is 5. The van der Waals surface area contributed by atoms with Crippen molar-refractivity contribution in [3.05, 3.63) is 41.5 Å². The Morgan fingerprint density at radius 1 is 0.952 bits per heavy atom. The van der Waals surface area contributed by atoms with Crippen molar-refractivity contribution in [1.29, 1.82) is 0 Å². The van der Waals surface area contributed by atoms with Crippen molar-refractivity contribution in [2.75, 3.05) is 0 Å². The van der Waals surface area contributed by atoms with Crippen molar-refractivity contribution in [2.24, 2.45) is 0 Å². The first-order valence-electron chi connectivity index (χ1n) is 6.98. The third kappa shape index (κ3) is 4.08. The fourth-order valence-electron chi connectivity index (χ4n) is 2.69. The first-order chi connectivity index (χ1) is 9.49. The molecular weight excluding hydrogens is 295 g/mol. The zero-order chi connectivity index (χ0) is 14.8. The molecule has 108 valence electrons. The van der Waals surface area contributed by atoms with Gasteiger partial charge in [0.2, 0.25) is 0 Å². The van der Waals surface area contributed by atoms with E-state index in [-0.39, 0.29) is 34.5 Å². The van der Waals surface area contributed by atoms with Gasteiger partial charge in [-0.05, 0) is 40.8 Å². The Labute approximate surface area is 148 Å². The summed E-state index contributed by atoms with van der Waals surface area (Å²) in [5.74, 6) is 0. The maximum Gasteiger partial charge on any atom is 1.00 e. The number of fused-ring (bicyclic) bond motifs is 1. The van der Waals surface area contributed by atoms with Gasteiger partial charge >= 0.3 is 29.6 Å². The van der Waals surface area contributed by atoms with E-state index < -0.39 is 10.1 Å². The molecule has 0 saturated heterocycles. The van der Waals surface area contributed by atoms with E-state index in [1.54, 1.807) is 6.07 Å². The summed E-state index contributed by atoms with van der Waals surface area (Å²) >= 11 is 0. The van der Waals surface area contributed by atoms with Crippen molar-refractivity contribution in [3.63, 3.8) is 0 Å². The van der Waals surface area contributed by atoms with Gasteiger partial charge in [-0.3, -0.25) is 0 Å². The first kappa shape index (κ1) is 18.7. The number of aryl methyl sites for hydroxylation is 2. The molecule has 0 amide bonds. The molecule has 3 nitrogen and oxygen atoms in total. The molecule has 0 unspecified atom stereocenters. The Bertz CT molecular complexity index is 724. The van der Waals surface area contributed by atoms with Crippen LogP contribution in [0.1, 0.15) is 37.8 Å². The van der Waals surface area contributed by atoms with E-state index in [0.29, 0.717) is 12.0 Å². The van der Waals surface area contributed by atoms with Crippen LogP contribution in [0.4, 0.5) is 0 Å². The summed E-state index contributed by atoms with van der Waals surface area (Å²) < 4.78 is 34.3. The summed E-state index contributed by atoms with van der Waals surface area (Å²) in [6.45, 7) is 4.10. The van der Waals surface area contributed by atoms with Gasteiger partial charge in [0.25, 0.3) is 0 Å². The first-order valence-corrected chi connectivity index (χ1v) is 8.39. The van der Waals surface area contributed by atoms with Gasteiger partial charge in [-0.15, -0.1) is 0 Å². The Balaban J connectivity index is 0.00000220. The Kier molecular flexibility index (Phi) is 6.88. The Hall–Kier alpha value is -0.390. The molecule has 0 heterocycles. The van der Waals surface area contributed by atoms with Gasteiger partial charge in [-0.1, -0.05) is 51.0 Å². The normalized spacial score (nSPS) is 11.4. The van der Waals surface area contributed by atoms with Crippen LogP contribution >= 0.6 is 0 Å². The third-order valence-electron chi connectivity index (χ3n) is 3.51. The Morgan fingerprint density at radius 3 is 2.19 bits per heavy atom. The average Bonchev–Trinajstić information content (AvgIpc) is 2.39. The maximum absolute atomic E-state index is 11.4. The van der Waals surface area contributed by atoms with E-state index in [2.05, 4.69) is 13.0 Å². The second-order valence-corrected chi connectivity index (χ2v) is 6.36. The zero-order valence-electron chi connectivity index (χ0n) is 12.8.